The number of nitrogens with two attached hydrogens (primary N) is 1. The smallest absolute Gasteiger partial charge is 0.0195 e. The van der Waals surface area contributed by atoms with Crippen molar-refractivity contribution in [2.45, 2.75) is 0 Å². The molecule has 0 aromatic heterocycles. The first-order valence-electron chi connectivity index (χ1n) is 1.08. The van der Waals surface area contributed by atoms with E-state index in [4.69, 9.17) is 0 Å². The van der Waals surface area contributed by atoms with Crippen LogP contribution in [-0.4, -0.2) is 7.05 Å². The Morgan fingerprint density at radius 3 is 1.25 bits per heavy atom. The molecule has 4 heavy (non-hydrogen) atoms. The molecule has 0 saturated heterocycles. The van der Waals surface area contributed by atoms with Crippen LogP contribution < -0.4 is 5.73 Å². The summed E-state index contributed by atoms with van der Waals surface area (Å²) in [5, 5.41) is 0. The summed E-state index contributed by atoms with van der Waals surface area (Å²) < 4.78 is 0. The lowest BCUT2D eigenvalue weighted by molar-refractivity contribution is 1.48. The minimum atomic E-state index is 1.50. The average Bonchev–Trinajstić information content (AvgIpc) is 1.50. The van der Waals surface area contributed by atoms with Crippen molar-refractivity contribution >= 4 is 0 Å². The fraction of sp³-hybridized carbons (Fsp3) is 0.333. The lowest BCUT2D eigenvalue weighted by atomic mass is 11.3. The lowest BCUT2D eigenvalue weighted by Crippen LogP contribution is -1.69. The molecule has 0 aliphatic carbocycles. The van der Waals surface area contributed by atoms with Crippen LogP contribution in [-0.2, 0) is 0 Å². The molecule has 0 aliphatic rings. The van der Waals surface area contributed by atoms with Crippen LogP contribution in [0, 0.1) is 0 Å². The Bertz CT molecular complexity index is 3.25. The maximum atomic E-state index is 4.50. The van der Waals surface area contributed by atoms with Crippen molar-refractivity contribution in [1.82, 2.24) is 0 Å². The van der Waals surface area contributed by atoms with Gasteiger partial charge in [-0.1, -0.05) is 0 Å². The van der Waals surface area contributed by atoms with Gasteiger partial charge in [-0.25, -0.2) is 0 Å². The van der Waals surface area contributed by atoms with Gasteiger partial charge in [-0.3, -0.25) is 0 Å². The Kier molecular flexibility index (Phi) is 202. The van der Waals surface area contributed by atoms with Crippen molar-refractivity contribution in [3.63, 3.8) is 0 Å². The molecule has 0 atom stereocenters. The minimum Gasteiger partial charge on any atom is -0.333 e. The molecule has 2 N–H and O–H groups in total. The van der Waals surface area contributed by atoms with Gasteiger partial charge in [-0.15, -0.1) is 13.2 Å². The zero-order valence-corrected chi connectivity index (χ0v) is 2.99. The van der Waals surface area contributed by atoms with Gasteiger partial charge >= 0.3 is 0 Å². The zero-order valence-electron chi connectivity index (χ0n) is 2.99. The molecule has 0 rings (SSSR count). The van der Waals surface area contributed by atoms with E-state index < -0.39 is 0 Å². The van der Waals surface area contributed by atoms with E-state index in [1.54, 1.807) is 0 Å². The van der Waals surface area contributed by atoms with Crippen LogP contribution in [0.2, 0.25) is 0 Å². The maximum absolute atomic E-state index is 4.50. The summed E-state index contributed by atoms with van der Waals surface area (Å²) in [7, 11) is 1.50. The van der Waals surface area contributed by atoms with E-state index in [1.807, 2.05) is 0 Å². The Hall–Kier alpha value is -0.300. The highest BCUT2D eigenvalue weighted by atomic mass is 14.4. The fourth-order valence-corrected chi connectivity index (χ4v) is 0. The highest BCUT2D eigenvalue weighted by Crippen LogP contribution is 0.862. The van der Waals surface area contributed by atoms with E-state index in [0.717, 1.165) is 0 Å². The Balaban J connectivity index is 0. The third-order valence-corrected chi connectivity index (χ3v) is 0. The third-order valence-electron chi connectivity index (χ3n) is 0. The molecule has 0 spiro atoms. The summed E-state index contributed by atoms with van der Waals surface area (Å²) >= 11 is 0. The first-order chi connectivity index (χ1) is 2.00. The van der Waals surface area contributed by atoms with Gasteiger partial charge in [0.25, 0.3) is 0 Å². The topological polar surface area (TPSA) is 26.0 Å². The molecular formula is C3H9N. The third kappa shape index (κ3) is 9.26. The number of hydrogen-bond donors (Lipinski definition) is 1. The average molecular weight is 59.1 g/mol. The van der Waals surface area contributed by atoms with Crippen LogP contribution >= 0.6 is 0 Å². The summed E-state index contributed by atoms with van der Waals surface area (Å²) in [5.41, 5.74) is 4.50. The quantitative estimate of drug-likeness (QED) is 0.401. The fourth-order valence-electron chi connectivity index (χ4n) is 0. The Morgan fingerprint density at radius 1 is 1.25 bits per heavy atom. The monoisotopic (exact) mass is 59.1 g/mol. The van der Waals surface area contributed by atoms with Crippen LogP contribution in [0.4, 0.5) is 0 Å². The molecule has 0 aliphatic heterocycles. The van der Waals surface area contributed by atoms with Crippen molar-refractivity contribution in [1.29, 1.82) is 0 Å². The minimum absolute atomic E-state index is 1.50. The molecule has 26 valence electrons. The van der Waals surface area contributed by atoms with E-state index in [9.17, 15) is 0 Å². The van der Waals surface area contributed by atoms with Gasteiger partial charge < -0.3 is 5.73 Å². The molecule has 0 radical (unpaired) electrons. The first-order valence-corrected chi connectivity index (χ1v) is 1.08. The molecule has 0 fully saturated rings. The Labute approximate surface area is 27.1 Å². The van der Waals surface area contributed by atoms with Crippen LogP contribution in [0.25, 0.3) is 0 Å². The molecule has 0 unspecified atom stereocenters. The summed E-state index contributed by atoms with van der Waals surface area (Å²) in [6.07, 6.45) is 0. The van der Waals surface area contributed by atoms with Crippen LogP contribution in [0.15, 0.2) is 13.2 Å². The Morgan fingerprint density at radius 2 is 1.25 bits per heavy atom. The van der Waals surface area contributed by atoms with E-state index in [0.29, 0.717) is 0 Å². The normalized spacial score (nSPS) is 2.50. The molecule has 0 aromatic carbocycles. The SMILES string of the molecule is C=C.CN. The largest absolute Gasteiger partial charge is 0.333 e. The van der Waals surface area contributed by atoms with Crippen LogP contribution in [0.5, 0.6) is 0 Å². The van der Waals surface area contributed by atoms with Crippen molar-refractivity contribution in [2.24, 2.45) is 5.73 Å². The predicted octanol–water partition coefficient (Wildman–Crippen LogP) is 0.377. The summed E-state index contributed by atoms with van der Waals surface area (Å²) in [6, 6.07) is 0. The molecule has 0 heterocycles. The molecule has 1 heteroatoms. The van der Waals surface area contributed by atoms with Crippen molar-refractivity contribution in [2.75, 3.05) is 7.05 Å². The van der Waals surface area contributed by atoms with Crippen LogP contribution in [0.3, 0.4) is 0 Å². The summed E-state index contributed by atoms with van der Waals surface area (Å²) in [5.74, 6) is 0. The van der Waals surface area contributed by atoms with Gasteiger partial charge in [0.05, 0.1) is 0 Å². The van der Waals surface area contributed by atoms with Crippen molar-refractivity contribution in [3.8, 4) is 0 Å². The second-order valence-corrected chi connectivity index (χ2v) is 0. The van der Waals surface area contributed by atoms with Crippen molar-refractivity contribution < 1.29 is 0 Å². The van der Waals surface area contributed by atoms with E-state index >= 15 is 0 Å². The van der Waals surface area contributed by atoms with Gasteiger partial charge in [0, 0.05) is 0 Å². The second-order valence-electron chi connectivity index (χ2n) is 0. The highest BCUT2D eigenvalue weighted by Gasteiger charge is 0.836. The van der Waals surface area contributed by atoms with E-state index in [1.165, 1.54) is 7.05 Å². The van der Waals surface area contributed by atoms with Gasteiger partial charge in [-0.05, 0) is 7.05 Å². The molecule has 0 saturated carbocycles. The zero-order chi connectivity index (χ0) is 4.00. The van der Waals surface area contributed by atoms with Gasteiger partial charge in [0.15, 0.2) is 0 Å². The van der Waals surface area contributed by atoms with Crippen LogP contribution in [0.1, 0.15) is 0 Å². The maximum Gasteiger partial charge on any atom is -0.0195 e. The van der Waals surface area contributed by atoms with Gasteiger partial charge in [0.2, 0.25) is 0 Å². The predicted molar refractivity (Wildman–Crippen MR) is 21.4 cm³/mol. The molecule has 0 amide bonds. The second kappa shape index (κ2) is 86.7. The van der Waals surface area contributed by atoms with Gasteiger partial charge in [0.1, 0.15) is 0 Å². The molecule has 0 bridgehead atoms. The summed E-state index contributed by atoms with van der Waals surface area (Å²) in [4.78, 5) is 0. The van der Waals surface area contributed by atoms with Gasteiger partial charge in [-0.2, -0.15) is 0 Å². The van der Waals surface area contributed by atoms with Crippen molar-refractivity contribution in [3.05, 3.63) is 13.2 Å². The highest BCUT2D eigenvalue weighted by molar-refractivity contribution is 4.22. The standard InChI is InChI=1S/C2H4.CH5N/c2*1-2/h1-2H2;2H2,1H3. The van der Waals surface area contributed by atoms with E-state index in [2.05, 4.69) is 18.9 Å². The number of hydrogen-bond acceptors (Lipinski definition) is 1. The molecule has 1 nitrogen and oxygen atoms in total. The van der Waals surface area contributed by atoms with E-state index in [-0.39, 0.29) is 0 Å². The molecule has 0 aromatic rings. The summed E-state index contributed by atoms with van der Waals surface area (Å²) in [6.45, 7) is 6.00. The molecular weight excluding hydrogens is 50.0 g/mol. The first kappa shape index (κ1) is 9.33. The number of rotatable bonds is 0. The lowest BCUT2D eigenvalue weighted by Gasteiger charge is -1.19.